The smallest absolute Gasteiger partial charge is 0.410 e. The quantitative estimate of drug-likeness (QED) is 0.372. The number of carbonyl (C=O) groups excluding carboxylic acids is 1. The topological polar surface area (TPSA) is 86.2 Å². The molecule has 0 bridgehead atoms. The molecular formula is C32H32N4O4. The highest BCUT2D eigenvalue weighted by Crippen LogP contribution is 2.35. The third kappa shape index (κ3) is 5.04. The summed E-state index contributed by atoms with van der Waals surface area (Å²) in [6.45, 7) is 5.94. The van der Waals surface area contributed by atoms with Crippen molar-refractivity contribution in [3.05, 3.63) is 101 Å². The SMILES string of the molecule is Cc1cccc2cccc(N3CCc4c(N5CCN(C(=O)OCc6ccccc6)CC5)cc(C(=O)O)nc4C3)c12. The molecule has 0 atom stereocenters. The number of aromatic nitrogens is 1. The normalized spacial score (nSPS) is 15.2. The lowest BCUT2D eigenvalue weighted by atomic mass is 9.98. The fourth-order valence-electron chi connectivity index (χ4n) is 5.83. The van der Waals surface area contributed by atoms with Crippen molar-refractivity contribution < 1.29 is 19.4 Å². The summed E-state index contributed by atoms with van der Waals surface area (Å²) in [5, 5.41) is 12.3. The Labute approximate surface area is 233 Å². The Bertz CT molecular complexity index is 1560. The Hall–Kier alpha value is -4.59. The maximum atomic E-state index is 12.7. The van der Waals surface area contributed by atoms with Gasteiger partial charge in [-0.1, -0.05) is 60.7 Å². The molecule has 0 spiro atoms. The molecule has 1 amide bonds. The lowest BCUT2D eigenvalue weighted by Gasteiger charge is -2.38. The number of amides is 1. The van der Waals surface area contributed by atoms with E-state index in [4.69, 9.17) is 4.74 Å². The third-order valence-electron chi connectivity index (χ3n) is 7.89. The van der Waals surface area contributed by atoms with Gasteiger partial charge >= 0.3 is 12.1 Å². The van der Waals surface area contributed by atoms with Crippen LogP contribution in [0.1, 0.15) is 32.9 Å². The highest BCUT2D eigenvalue weighted by atomic mass is 16.6. The van der Waals surface area contributed by atoms with Crippen LogP contribution in [0.2, 0.25) is 0 Å². The standard InChI is InChI=1S/C32H32N4O4/c1-22-7-5-10-24-11-6-12-28(30(22)24)36-14-13-25-27(20-36)33-26(31(37)38)19-29(25)34-15-17-35(18-16-34)32(39)40-21-23-8-3-2-4-9-23/h2-12,19H,13-18,20-21H2,1H3,(H,37,38). The van der Waals surface area contributed by atoms with E-state index in [1.54, 1.807) is 11.0 Å². The lowest BCUT2D eigenvalue weighted by Crippen LogP contribution is -2.49. The van der Waals surface area contributed by atoms with Gasteiger partial charge in [-0.25, -0.2) is 14.6 Å². The first kappa shape index (κ1) is 25.7. The van der Waals surface area contributed by atoms with E-state index in [0.717, 1.165) is 41.2 Å². The molecule has 1 aromatic heterocycles. The minimum absolute atomic E-state index is 0.0504. The van der Waals surface area contributed by atoms with Gasteiger partial charge in [-0.05, 0) is 42.0 Å². The summed E-state index contributed by atoms with van der Waals surface area (Å²) in [6.07, 6.45) is 0.437. The number of carbonyl (C=O) groups is 2. The minimum Gasteiger partial charge on any atom is -0.477 e. The highest BCUT2D eigenvalue weighted by Gasteiger charge is 2.29. The molecule has 0 aliphatic carbocycles. The number of nitrogens with zero attached hydrogens (tertiary/aromatic N) is 4. The molecule has 0 unspecified atom stereocenters. The van der Waals surface area contributed by atoms with Crippen LogP contribution < -0.4 is 9.80 Å². The van der Waals surface area contributed by atoms with E-state index in [-0.39, 0.29) is 18.4 Å². The number of anilines is 2. The summed E-state index contributed by atoms with van der Waals surface area (Å²) in [5.41, 5.74) is 6.17. The van der Waals surface area contributed by atoms with Crippen LogP contribution in [-0.4, -0.2) is 59.8 Å². The molecule has 204 valence electrons. The highest BCUT2D eigenvalue weighted by molar-refractivity contribution is 5.97. The van der Waals surface area contributed by atoms with Crippen LogP contribution in [0.25, 0.3) is 10.8 Å². The number of pyridine rings is 1. The second kappa shape index (κ2) is 10.9. The van der Waals surface area contributed by atoms with E-state index in [1.807, 2.05) is 30.3 Å². The molecule has 8 nitrogen and oxygen atoms in total. The molecule has 4 aromatic rings. The molecular weight excluding hydrogens is 504 g/mol. The van der Waals surface area contributed by atoms with Gasteiger partial charge in [0.1, 0.15) is 6.61 Å². The van der Waals surface area contributed by atoms with Gasteiger partial charge in [-0.3, -0.25) is 0 Å². The second-order valence-corrected chi connectivity index (χ2v) is 10.4. The summed E-state index contributed by atoms with van der Waals surface area (Å²) in [5.74, 6) is -1.04. The summed E-state index contributed by atoms with van der Waals surface area (Å²) in [4.78, 5) is 35.5. The van der Waals surface area contributed by atoms with E-state index < -0.39 is 5.97 Å². The lowest BCUT2D eigenvalue weighted by molar-refractivity contribution is 0.0690. The number of rotatable bonds is 5. The Morgan fingerprint density at radius 1 is 0.875 bits per heavy atom. The number of aromatic carboxylic acids is 1. The Kier molecular flexibility index (Phi) is 6.99. The molecule has 3 aromatic carbocycles. The van der Waals surface area contributed by atoms with Crippen molar-refractivity contribution in [1.82, 2.24) is 9.88 Å². The maximum Gasteiger partial charge on any atom is 0.410 e. The molecule has 2 aliphatic heterocycles. The number of fused-ring (bicyclic) bond motifs is 2. The van der Waals surface area contributed by atoms with Crippen LogP contribution in [0, 0.1) is 6.92 Å². The molecule has 1 fully saturated rings. The number of carboxylic acid groups (broad SMARTS) is 1. The van der Waals surface area contributed by atoms with Crippen molar-refractivity contribution in [3.63, 3.8) is 0 Å². The third-order valence-corrected chi connectivity index (χ3v) is 7.89. The second-order valence-electron chi connectivity index (χ2n) is 10.4. The molecule has 1 N–H and O–H groups in total. The number of carboxylic acids is 1. The molecule has 0 radical (unpaired) electrons. The number of benzene rings is 3. The van der Waals surface area contributed by atoms with Crippen LogP contribution in [0.5, 0.6) is 0 Å². The molecule has 40 heavy (non-hydrogen) atoms. The van der Waals surface area contributed by atoms with Crippen LogP contribution in [0.3, 0.4) is 0 Å². The zero-order valence-corrected chi connectivity index (χ0v) is 22.5. The Morgan fingerprint density at radius 3 is 2.38 bits per heavy atom. The molecule has 1 saturated heterocycles. The van der Waals surface area contributed by atoms with Gasteiger partial charge in [0.15, 0.2) is 5.69 Å². The van der Waals surface area contributed by atoms with Crippen molar-refractivity contribution in [2.24, 2.45) is 0 Å². The first-order valence-electron chi connectivity index (χ1n) is 13.7. The average Bonchev–Trinajstić information content (AvgIpc) is 2.99. The number of aryl methyl sites for hydroxylation is 1. The fourth-order valence-corrected chi connectivity index (χ4v) is 5.83. The average molecular weight is 537 g/mol. The minimum atomic E-state index is -1.04. The zero-order valence-electron chi connectivity index (χ0n) is 22.5. The van der Waals surface area contributed by atoms with E-state index >= 15 is 0 Å². The van der Waals surface area contributed by atoms with Crippen LogP contribution in [0.4, 0.5) is 16.2 Å². The number of hydrogen-bond donors (Lipinski definition) is 1. The fraction of sp³-hybridized carbons (Fsp3) is 0.281. The van der Waals surface area contributed by atoms with Crippen LogP contribution >= 0.6 is 0 Å². The van der Waals surface area contributed by atoms with Crippen molar-refractivity contribution in [2.75, 3.05) is 42.5 Å². The maximum absolute atomic E-state index is 12.7. The van der Waals surface area contributed by atoms with Crippen molar-refractivity contribution in [1.29, 1.82) is 0 Å². The number of piperazine rings is 1. The molecule has 3 heterocycles. The van der Waals surface area contributed by atoms with Crippen LogP contribution in [0.15, 0.2) is 72.8 Å². The number of ether oxygens (including phenoxy) is 1. The largest absolute Gasteiger partial charge is 0.477 e. The Balaban J connectivity index is 1.21. The van der Waals surface area contributed by atoms with Gasteiger partial charge < -0.3 is 24.5 Å². The van der Waals surface area contributed by atoms with Gasteiger partial charge in [-0.2, -0.15) is 0 Å². The number of hydrogen-bond acceptors (Lipinski definition) is 6. The van der Waals surface area contributed by atoms with E-state index in [9.17, 15) is 14.7 Å². The van der Waals surface area contributed by atoms with Crippen molar-refractivity contribution in [3.8, 4) is 0 Å². The summed E-state index contributed by atoms with van der Waals surface area (Å²) >= 11 is 0. The zero-order chi connectivity index (χ0) is 27.6. The Morgan fingerprint density at radius 2 is 1.62 bits per heavy atom. The molecule has 6 rings (SSSR count). The van der Waals surface area contributed by atoms with Gasteiger partial charge in [-0.15, -0.1) is 0 Å². The first-order chi connectivity index (χ1) is 19.5. The van der Waals surface area contributed by atoms with E-state index in [0.29, 0.717) is 32.7 Å². The summed E-state index contributed by atoms with van der Waals surface area (Å²) in [7, 11) is 0. The van der Waals surface area contributed by atoms with Crippen LogP contribution in [-0.2, 0) is 24.3 Å². The van der Waals surface area contributed by atoms with Gasteiger partial charge in [0, 0.05) is 55.0 Å². The van der Waals surface area contributed by atoms with Gasteiger partial charge in [0.25, 0.3) is 0 Å². The van der Waals surface area contributed by atoms with E-state index in [2.05, 4.69) is 58.1 Å². The molecule has 2 aliphatic rings. The van der Waals surface area contributed by atoms with Crippen molar-refractivity contribution in [2.45, 2.75) is 26.5 Å². The van der Waals surface area contributed by atoms with Crippen molar-refractivity contribution >= 4 is 34.2 Å². The summed E-state index contributed by atoms with van der Waals surface area (Å²) in [6, 6.07) is 24.0. The predicted molar refractivity (Wildman–Crippen MR) is 155 cm³/mol. The predicted octanol–water partition coefficient (Wildman–Crippen LogP) is 5.26. The summed E-state index contributed by atoms with van der Waals surface area (Å²) < 4.78 is 5.52. The molecule has 8 heteroatoms. The van der Waals surface area contributed by atoms with E-state index in [1.165, 1.54) is 16.3 Å². The van der Waals surface area contributed by atoms with Gasteiger partial charge in [0.05, 0.1) is 12.2 Å². The first-order valence-corrected chi connectivity index (χ1v) is 13.7. The molecule has 0 saturated carbocycles. The van der Waals surface area contributed by atoms with Gasteiger partial charge in [0.2, 0.25) is 0 Å². The monoisotopic (exact) mass is 536 g/mol.